The van der Waals surface area contributed by atoms with Gasteiger partial charge in [0.1, 0.15) is 5.75 Å². The summed E-state index contributed by atoms with van der Waals surface area (Å²) in [6.07, 6.45) is 0. The summed E-state index contributed by atoms with van der Waals surface area (Å²) in [6.45, 7) is 2.96. The Morgan fingerprint density at radius 1 is 1.29 bits per heavy atom. The van der Waals surface area contributed by atoms with Gasteiger partial charge in [0.15, 0.2) is 0 Å². The molecule has 0 atom stereocenters. The topological polar surface area (TPSA) is 37.0 Å². The predicted molar refractivity (Wildman–Crippen MR) is 70.3 cm³/mol. The molecule has 0 aliphatic heterocycles. The Labute approximate surface area is 102 Å². The molecule has 0 bridgehead atoms. The van der Waals surface area contributed by atoms with Crippen LogP contribution in [0.15, 0.2) is 30.3 Å². The van der Waals surface area contributed by atoms with Gasteiger partial charge in [-0.25, -0.2) is 0 Å². The molecule has 0 amide bonds. The number of benzene rings is 1. The van der Waals surface area contributed by atoms with Gasteiger partial charge in [0.25, 0.3) is 0 Å². The Bertz CT molecular complexity index is 503. The normalized spacial score (nSPS) is 10.5. The van der Waals surface area contributed by atoms with E-state index >= 15 is 0 Å². The molecule has 90 valence electrons. The van der Waals surface area contributed by atoms with Crippen molar-refractivity contribution in [3.63, 3.8) is 0 Å². The van der Waals surface area contributed by atoms with Crippen LogP contribution < -0.4 is 10.1 Å². The lowest BCUT2D eigenvalue weighted by Gasteiger charge is -2.05. The van der Waals surface area contributed by atoms with Gasteiger partial charge in [-0.3, -0.25) is 0 Å². The number of methoxy groups -OCH3 is 1. The molecule has 0 aliphatic rings. The summed E-state index contributed by atoms with van der Waals surface area (Å²) in [4.78, 5) is 3.40. The van der Waals surface area contributed by atoms with Crippen molar-refractivity contribution in [2.45, 2.75) is 13.5 Å². The number of ether oxygens (including phenoxy) is 1. The average Bonchev–Trinajstić information content (AvgIpc) is 2.71. The van der Waals surface area contributed by atoms with Gasteiger partial charge >= 0.3 is 0 Å². The fourth-order valence-corrected chi connectivity index (χ4v) is 1.99. The smallest absolute Gasteiger partial charge is 0.128 e. The number of hydrogen-bond donors (Lipinski definition) is 2. The molecule has 1 aromatic carbocycles. The van der Waals surface area contributed by atoms with E-state index in [0.29, 0.717) is 0 Å². The Balaban J connectivity index is 2.42. The van der Waals surface area contributed by atoms with Crippen molar-refractivity contribution >= 4 is 0 Å². The quantitative estimate of drug-likeness (QED) is 0.847. The molecule has 3 nitrogen and oxygen atoms in total. The summed E-state index contributed by atoms with van der Waals surface area (Å²) in [5, 5.41) is 3.17. The van der Waals surface area contributed by atoms with Crippen LogP contribution >= 0.6 is 0 Å². The SMILES string of the molecule is CNCc1cc(-c2ccccc2OC)[nH]c1C. The van der Waals surface area contributed by atoms with E-state index in [9.17, 15) is 0 Å². The maximum atomic E-state index is 5.37. The Morgan fingerprint density at radius 2 is 2.06 bits per heavy atom. The summed E-state index contributed by atoms with van der Waals surface area (Å²) in [5.74, 6) is 0.893. The minimum Gasteiger partial charge on any atom is -0.496 e. The van der Waals surface area contributed by atoms with Crippen molar-refractivity contribution in [3.05, 3.63) is 41.6 Å². The van der Waals surface area contributed by atoms with Gasteiger partial charge in [0.05, 0.1) is 7.11 Å². The lowest BCUT2D eigenvalue weighted by Crippen LogP contribution is -2.04. The van der Waals surface area contributed by atoms with E-state index in [0.717, 1.165) is 23.6 Å². The highest BCUT2D eigenvalue weighted by atomic mass is 16.5. The second-order valence-electron chi connectivity index (χ2n) is 4.06. The highest BCUT2D eigenvalue weighted by Gasteiger charge is 2.09. The molecule has 2 N–H and O–H groups in total. The third-order valence-electron chi connectivity index (χ3n) is 2.89. The van der Waals surface area contributed by atoms with E-state index in [1.54, 1.807) is 7.11 Å². The molecule has 0 unspecified atom stereocenters. The van der Waals surface area contributed by atoms with Crippen molar-refractivity contribution in [1.29, 1.82) is 0 Å². The second-order valence-corrected chi connectivity index (χ2v) is 4.06. The first-order valence-corrected chi connectivity index (χ1v) is 5.72. The molecule has 0 aliphatic carbocycles. The predicted octanol–water partition coefficient (Wildman–Crippen LogP) is 2.72. The lowest BCUT2D eigenvalue weighted by molar-refractivity contribution is 0.416. The van der Waals surface area contributed by atoms with Crippen LogP contribution in [0.3, 0.4) is 0 Å². The van der Waals surface area contributed by atoms with E-state index < -0.39 is 0 Å². The molecular weight excluding hydrogens is 212 g/mol. The minimum absolute atomic E-state index is 0.873. The standard InChI is InChI=1S/C14H18N2O/c1-10-11(9-15-2)8-13(16-10)12-6-4-5-7-14(12)17-3/h4-8,15-16H,9H2,1-3H3. The molecule has 0 saturated heterocycles. The summed E-state index contributed by atoms with van der Waals surface area (Å²) in [7, 11) is 3.65. The fourth-order valence-electron chi connectivity index (χ4n) is 1.99. The van der Waals surface area contributed by atoms with Gasteiger partial charge in [-0.2, -0.15) is 0 Å². The number of H-pyrrole nitrogens is 1. The molecule has 0 spiro atoms. The highest BCUT2D eigenvalue weighted by molar-refractivity contribution is 5.68. The van der Waals surface area contributed by atoms with E-state index in [2.05, 4.69) is 29.4 Å². The van der Waals surface area contributed by atoms with Crippen LogP contribution in [-0.4, -0.2) is 19.1 Å². The fraction of sp³-hybridized carbons (Fsp3) is 0.286. The van der Waals surface area contributed by atoms with E-state index in [-0.39, 0.29) is 0 Å². The Hall–Kier alpha value is -1.74. The van der Waals surface area contributed by atoms with E-state index in [1.165, 1.54) is 11.3 Å². The van der Waals surface area contributed by atoms with Crippen LogP contribution in [0.5, 0.6) is 5.75 Å². The molecule has 2 rings (SSSR count). The molecule has 0 fully saturated rings. The van der Waals surface area contributed by atoms with Crippen LogP contribution in [0.2, 0.25) is 0 Å². The number of nitrogens with one attached hydrogen (secondary N) is 2. The first kappa shape index (κ1) is 11.7. The second kappa shape index (κ2) is 5.06. The van der Waals surface area contributed by atoms with Gasteiger partial charge in [-0.1, -0.05) is 12.1 Å². The molecular formula is C14H18N2O. The zero-order valence-electron chi connectivity index (χ0n) is 10.5. The number of hydrogen-bond acceptors (Lipinski definition) is 2. The Morgan fingerprint density at radius 3 is 2.76 bits per heavy atom. The molecule has 3 heteroatoms. The van der Waals surface area contributed by atoms with Gasteiger partial charge in [0.2, 0.25) is 0 Å². The van der Waals surface area contributed by atoms with Crippen molar-refractivity contribution in [2.24, 2.45) is 0 Å². The lowest BCUT2D eigenvalue weighted by atomic mass is 10.1. The van der Waals surface area contributed by atoms with Gasteiger partial charge in [-0.05, 0) is 37.7 Å². The van der Waals surface area contributed by atoms with Gasteiger partial charge in [-0.15, -0.1) is 0 Å². The van der Waals surface area contributed by atoms with E-state index in [4.69, 9.17) is 4.74 Å². The van der Waals surface area contributed by atoms with Crippen molar-refractivity contribution in [3.8, 4) is 17.0 Å². The number of aryl methyl sites for hydroxylation is 1. The van der Waals surface area contributed by atoms with Crippen LogP contribution in [-0.2, 0) is 6.54 Å². The van der Waals surface area contributed by atoms with Crippen molar-refractivity contribution < 1.29 is 4.74 Å². The van der Waals surface area contributed by atoms with Crippen LogP contribution in [0, 0.1) is 6.92 Å². The minimum atomic E-state index is 0.873. The summed E-state index contributed by atoms with van der Waals surface area (Å²) < 4.78 is 5.37. The maximum Gasteiger partial charge on any atom is 0.128 e. The number of para-hydroxylation sites is 1. The third kappa shape index (κ3) is 2.34. The van der Waals surface area contributed by atoms with Crippen LogP contribution in [0.1, 0.15) is 11.3 Å². The Kier molecular flexibility index (Phi) is 3.49. The van der Waals surface area contributed by atoms with Gasteiger partial charge < -0.3 is 15.0 Å². The zero-order valence-corrected chi connectivity index (χ0v) is 10.5. The summed E-state index contributed by atoms with van der Waals surface area (Å²) in [6, 6.07) is 10.2. The van der Waals surface area contributed by atoms with Crippen molar-refractivity contribution in [1.82, 2.24) is 10.3 Å². The summed E-state index contributed by atoms with van der Waals surface area (Å²) >= 11 is 0. The monoisotopic (exact) mass is 230 g/mol. The highest BCUT2D eigenvalue weighted by Crippen LogP contribution is 2.30. The number of aromatic nitrogens is 1. The van der Waals surface area contributed by atoms with Gasteiger partial charge in [0, 0.05) is 23.5 Å². The zero-order chi connectivity index (χ0) is 12.3. The third-order valence-corrected chi connectivity index (χ3v) is 2.89. The molecule has 2 aromatic rings. The molecule has 1 heterocycles. The van der Waals surface area contributed by atoms with E-state index in [1.807, 2.05) is 25.2 Å². The van der Waals surface area contributed by atoms with Crippen molar-refractivity contribution in [2.75, 3.05) is 14.2 Å². The number of rotatable bonds is 4. The first-order chi connectivity index (χ1) is 8.26. The average molecular weight is 230 g/mol. The molecule has 0 radical (unpaired) electrons. The molecule has 0 saturated carbocycles. The molecule has 17 heavy (non-hydrogen) atoms. The summed E-state index contributed by atoms with van der Waals surface area (Å²) in [5.41, 5.74) is 4.68. The first-order valence-electron chi connectivity index (χ1n) is 5.72. The molecule has 1 aromatic heterocycles. The largest absolute Gasteiger partial charge is 0.496 e. The number of aromatic amines is 1. The van der Waals surface area contributed by atoms with Crippen LogP contribution in [0.25, 0.3) is 11.3 Å². The van der Waals surface area contributed by atoms with Crippen LogP contribution in [0.4, 0.5) is 0 Å². The maximum absolute atomic E-state index is 5.37.